The summed E-state index contributed by atoms with van der Waals surface area (Å²) in [4.78, 5) is 21.4. The van der Waals surface area contributed by atoms with Gasteiger partial charge in [0.2, 0.25) is 5.91 Å². The van der Waals surface area contributed by atoms with E-state index in [4.69, 9.17) is 14.2 Å². The highest BCUT2D eigenvalue weighted by Gasteiger charge is 2.28. The molecule has 0 radical (unpaired) electrons. The SMILES string of the molecule is CCOc1ccccc1N1CCN(C(=O)CC(c2cc(OC)cc(OC)c2)c2c[nH]c3ccccc23)CC1. The van der Waals surface area contributed by atoms with E-state index >= 15 is 0 Å². The van der Waals surface area contributed by atoms with Gasteiger partial charge in [-0.15, -0.1) is 0 Å². The predicted molar refractivity (Wildman–Crippen MR) is 151 cm³/mol. The van der Waals surface area contributed by atoms with Crippen molar-refractivity contribution in [3.63, 3.8) is 0 Å². The van der Waals surface area contributed by atoms with Gasteiger partial charge < -0.3 is 29.0 Å². The van der Waals surface area contributed by atoms with Crippen molar-refractivity contribution >= 4 is 22.5 Å². The highest BCUT2D eigenvalue weighted by molar-refractivity contribution is 5.86. The van der Waals surface area contributed by atoms with Crippen LogP contribution in [-0.4, -0.2) is 62.8 Å². The number of methoxy groups -OCH3 is 2. The number of aromatic nitrogens is 1. The minimum absolute atomic E-state index is 0.139. The van der Waals surface area contributed by atoms with Crippen LogP contribution in [0.25, 0.3) is 10.9 Å². The van der Waals surface area contributed by atoms with Gasteiger partial charge in [0.25, 0.3) is 0 Å². The molecular weight excluding hydrogens is 478 g/mol. The standard InChI is InChI=1S/C31H35N3O4/c1-4-38-30-12-8-7-11-29(30)33-13-15-34(16-14-33)31(35)20-26(22-17-23(36-2)19-24(18-22)37-3)27-21-32-28-10-6-5-9-25(27)28/h5-12,17-19,21,26,32H,4,13-16,20H2,1-3H3. The number of fused-ring (bicyclic) bond motifs is 1. The van der Waals surface area contributed by atoms with E-state index in [-0.39, 0.29) is 11.8 Å². The fraction of sp³-hybridized carbons (Fsp3) is 0.323. The highest BCUT2D eigenvalue weighted by atomic mass is 16.5. The molecule has 4 aromatic rings. The predicted octanol–water partition coefficient (Wildman–Crippen LogP) is 5.45. The third-order valence-electron chi connectivity index (χ3n) is 7.29. The lowest BCUT2D eigenvalue weighted by Crippen LogP contribution is -2.49. The molecule has 198 valence electrons. The van der Waals surface area contributed by atoms with Crippen LogP contribution in [0.1, 0.15) is 30.4 Å². The topological polar surface area (TPSA) is 67.0 Å². The minimum atomic E-state index is -0.153. The van der Waals surface area contributed by atoms with Crippen molar-refractivity contribution in [3.05, 3.63) is 84.1 Å². The van der Waals surface area contributed by atoms with Crippen molar-refractivity contribution in [3.8, 4) is 17.2 Å². The molecule has 0 aliphatic carbocycles. The molecular formula is C31H35N3O4. The number of ether oxygens (including phenoxy) is 3. The summed E-state index contributed by atoms with van der Waals surface area (Å²) in [5.74, 6) is 2.29. The molecule has 3 aromatic carbocycles. The van der Waals surface area contributed by atoms with Gasteiger partial charge in [0.1, 0.15) is 17.2 Å². The van der Waals surface area contributed by atoms with Gasteiger partial charge in [-0.1, -0.05) is 30.3 Å². The molecule has 38 heavy (non-hydrogen) atoms. The Kier molecular flexibility index (Phi) is 7.73. The first kappa shape index (κ1) is 25.5. The molecule has 1 saturated heterocycles. The molecule has 7 nitrogen and oxygen atoms in total. The number of aromatic amines is 1. The highest BCUT2D eigenvalue weighted by Crippen LogP contribution is 2.37. The fourth-order valence-electron chi connectivity index (χ4n) is 5.32. The number of carbonyl (C=O) groups is 1. The van der Waals surface area contributed by atoms with E-state index in [0.717, 1.165) is 46.6 Å². The number of anilines is 1. The number of hydrogen-bond acceptors (Lipinski definition) is 5. The zero-order chi connectivity index (χ0) is 26.5. The average molecular weight is 514 g/mol. The van der Waals surface area contributed by atoms with Crippen molar-refractivity contribution in [2.45, 2.75) is 19.3 Å². The quantitative estimate of drug-likeness (QED) is 0.322. The van der Waals surface area contributed by atoms with Crippen molar-refractivity contribution in [2.24, 2.45) is 0 Å². The normalized spacial score (nSPS) is 14.4. The van der Waals surface area contributed by atoms with E-state index < -0.39 is 0 Å². The first-order chi connectivity index (χ1) is 18.6. The monoisotopic (exact) mass is 513 g/mol. The molecule has 1 atom stereocenters. The molecule has 0 spiro atoms. The van der Waals surface area contributed by atoms with Gasteiger partial charge in [0.05, 0.1) is 26.5 Å². The van der Waals surface area contributed by atoms with Crippen LogP contribution in [0.3, 0.4) is 0 Å². The number of nitrogens with zero attached hydrogens (tertiary/aromatic N) is 2. The van der Waals surface area contributed by atoms with Crippen LogP contribution in [0, 0.1) is 0 Å². The third-order valence-corrected chi connectivity index (χ3v) is 7.29. The number of carbonyl (C=O) groups excluding carboxylic acids is 1. The molecule has 1 N–H and O–H groups in total. The maximum atomic E-state index is 13.7. The van der Waals surface area contributed by atoms with Crippen molar-refractivity contribution in [2.75, 3.05) is 51.9 Å². The summed E-state index contributed by atoms with van der Waals surface area (Å²) >= 11 is 0. The minimum Gasteiger partial charge on any atom is -0.497 e. The summed E-state index contributed by atoms with van der Waals surface area (Å²) in [6.45, 7) is 5.49. The summed E-state index contributed by atoms with van der Waals surface area (Å²) in [6.07, 6.45) is 2.38. The Bertz CT molecular complexity index is 1370. The van der Waals surface area contributed by atoms with Crippen molar-refractivity contribution < 1.29 is 19.0 Å². The first-order valence-corrected chi connectivity index (χ1v) is 13.1. The lowest BCUT2D eigenvalue weighted by atomic mass is 9.87. The molecule has 1 aliphatic rings. The number of piperazine rings is 1. The van der Waals surface area contributed by atoms with Crippen LogP contribution in [0.15, 0.2) is 72.9 Å². The molecule has 1 fully saturated rings. The maximum absolute atomic E-state index is 13.7. The average Bonchev–Trinajstić information content (AvgIpc) is 3.40. The third kappa shape index (κ3) is 5.28. The molecule has 1 unspecified atom stereocenters. The molecule has 5 rings (SSSR count). The van der Waals surface area contributed by atoms with Gasteiger partial charge in [-0.25, -0.2) is 0 Å². The number of amides is 1. The summed E-state index contributed by atoms with van der Waals surface area (Å²) < 4.78 is 16.9. The maximum Gasteiger partial charge on any atom is 0.223 e. The molecule has 1 amide bonds. The zero-order valence-corrected chi connectivity index (χ0v) is 22.3. The Morgan fingerprint density at radius 2 is 1.61 bits per heavy atom. The van der Waals surface area contributed by atoms with Gasteiger partial charge in [0, 0.05) is 61.7 Å². The lowest BCUT2D eigenvalue weighted by molar-refractivity contribution is -0.131. The Balaban J connectivity index is 1.39. The van der Waals surface area contributed by atoms with Crippen LogP contribution < -0.4 is 19.1 Å². The van der Waals surface area contributed by atoms with Gasteiger partial charge in [-0.2, -0.15) is 0 Å². The van der Waals surface area contributed by atoms with E-state index in [9.17, 15) is 4.79 Å². The Hall–Kier alpha value is -4.13. The van der Waals surface area contributed by atoms with Crippen molar-refractivity contribution in [1.29, 1.82) is 0 Å². The number of nitrogens with one attached hydrogen (secondary N) is 1. The largest absolute Gasteiger partial charge is 0.497 e. The van der Waals surface area contributed by atoms with Gasteiger partial charge >= 0.3 is 0 Å². The molecule has 7 heteroatoms. The molecule has 1 aliphatic heterocycles. The lowest BCUT2D eigenvalue weighted by Gasteiger charge is -2.37. The van der Waals surface area contributed by atoms with E-state index in [2.05, 4.69) is 28.1 Å². The van der Waals surface area contributed by atoms with E-state index in [1.54, 1.807) is 14.2 Å². The van der Waals surface area contributed by atoms with Crippen LogP contribution in [0.4, 0.5) is 5.69 Å². The second-order valence-electron chi connectivity index (χ2n) is 9.46. The van der Waals surface area contributed by atoms with E-state index in [1.807, 2.05) is 66.6 Å². The van der Waals surface area contributed by atoms with Crippen LogP contribution >= 0.6 is 0 Å². The van der Waals surface area contributed by atoms with Crippen LogP contribution in [-0.2, 0) is 4.79 Å². The van der Waals surface area contributed by atoms with Crippen molar-refractivity contribution in [1.82, 2.24) is 9.88 Å². The van der Waals surface area contributed by atoms with Gasteiger partial charge in [0.15, 0.2) is 0 Å². The fourth-order valence-corrected chi connectivity index (χ4v) is 5.32. The summed E-state index contributed by atoms with van der Waals surface area (Å²) in [6, 6.07) is 22.2. The van der Waals surface area contributed by atoms with Crippen LogP contribution in [0.2, 0.25) is 0 Å². The van der Waals surface area contributed by atoms with Crippen LogP contribution in [0.5, 0.6) is 17.2 Å². The van der Waals surface area contributed by atoms with E-state index in [0.29, 0.717) is 37.6 Å². The molecule has 0 saturated carbocycles. The summed E-state index contributed by atoms with van der Waals surface area (Å²) in [7, 11) is 3.29. The summed E-state index contributed by atoms with van der Waals surface area (Å²) in [5, 5.41) is 1.12. The molecule has 0 bridgehead atoms. The van der Waals surface area contributed by atoms with Gasteiger partial charge in [-0.05, 0) is 48.4 Å². The van der Waals surface area contributed by atoms with E-state index in [1.165, 1.54) is 0 Å². The smallest absolute Gasteiger partial charge is 0.223 e. The number of H-pyrrole nitrogens is 1. The Morgan fingerprint density at radius 1 is 0.921 bits per heavy atom. The Morgan fingerprint density at radius 3 is 2.32 bits per heavy atom. The first-order valence-electron chi connectivity index (χ1n) is 13.1. The molecule has 1 aromatic heterocycles. The molecule has 2 heterocycles. The zero-order valence-electron chi connectivity index (χ0n) is 22.3. The number of benzene rings is 3. The second kappa shape index (κ2) is 11.5. The number of para-hydroxylation sites is 3. The summed E-state index contributed by atoms with van der Waals surface area (Å²) in [5.41, 5.74) is 4.22. The number of rotatable bonds is 9. The second-order valence-corrected chi connectivity index (χ2v) is 9.46. The Labute approximate surface area is 223 Å². The number of hydrogen-bond donors (Lipinski definition) is 1. The van der Waals surface area contributed by atoms with Gasteiger partial charge in [-0.3, -0.25) is 4.79 Å².